The van der Waals surface area contributed by atoms with Gasteiger partial charge in [-0.15, -0.1) is 0 Å². The van der Waals surface area contributed by atoms with Gasteiger partial charge in [0.1, 0.15) is 24.1 Å². The Kier molecular flexibility index (Phi) is 11.2. The van der Waals surface area contributed by atoms with Gasteiger partial charge in [0.05, 0.1) is 36.8 Å². The van der Waals surface area contributed by atoms with E-state index in [-0.39, 0.29) is 36.0 Å². The summed E-state index contributed by atoms with van der Waals surface area (Å²) in [5, 5.41) is 9.04. The zero-order valence-electron chi connectivity index (χ0n) is 30.6. The number of likely N-dealkylation sites (N-methyl/N-ethyl adjacent to an activating group) is 1. The molecular weight excluding hydrogens is 660 g/mol. The molecule has 0 radical (unpaired) electrons. The molecule has 2 fully saturated rings. The highest BCUT2D eigenvalue weighted by Crippen LogP contribution is 2.34. The molecule has 3 unspecified atom stereocenters. The van der Waals surface area contributed by atoms with Crippen molar-refractivity contribution in [3.63, 3.8) is 0 Å². The van der Waals surface area contributed by atoms with Crippen molar-refractivity contribution < 1.29 is 23.9 Å². The topological polar surface area (TPSA) is 152 Å². The Labute approximate surface area is 305 Å². The highest BCUT2D eigenvalue weighted by atomic mass is 16.5. The van der Waals surface area contributed by atoms with E-state index in [9.17, 15) is 19.2 Å². The van der Waals surface area contributed by atoms with Crippen LogP contribution in [0.1, 0.15) is 70.3 Å². The zero-order valence-corrected chi connectivity index (χ0v) is 30.6. The zero-order chi connectivity index (χ0) is 36.9. The van der Waals surface area contributed by atoms with Gasteiger partial charge in [0.25, 0.3) is 0 Å². The van der Waals surface area contributed by atoms with Gasteiger partial charge >= 0.3 is 6.09 Å². The minimum Gasteiger partial charge on any atom is -0.453 e. The molecule has 1 aromatic heterocycles. The second-order valence-corrected chi connectivity index (χ2v) is 14.2. The number of benzene rings is 2. The van der Waals surface area contributed by atoms with Crippen LogP contribution in [0.4, 0.5) is 4.79 Å². The highest BCUT2D eigenvalue weighted by molar-refractivity contribution is 5.87. The smallest absolute Gasteiger partial charge is 0.407 e. The fraction of sp³-hybridized carbons (Fsp3) is 0.462. The van der Waals surface area contributed by atoms with Crippen LogP contribution in [0.3, 0.4) is 0 Å². The summed E-state index contributed by atoms with van der Waals surface area (Å²) < 4.78 is 4.78. The number of likely N-dealkylation sites (tertiary alicyclic amines) is 2. The number of carbonyl (C=O) groups is 4. The summed E-state index contributed by atoms with van der Waals surface area (Å²) in [7, 11) is 3.33. The Balaban J connectivity index is 1.09. The predicted molar refractivity (Wildman–Crippen MR) is 198 cm³/mol. The molecule has 0 saturated carbocycles. The maximum atomic E-state index is 13.6. The van der Waals surface area contributed by atoms with E-state index in [0.717, 1.165) is 65.2 Å². The Hall–Kier alpha value is -5.33. The van der Waals surface area contributed by atoms with Crippen molar-refractivity contribution in [3.8, 4) is 22.4 Å². The number of H-pyrrole nitrogens is 1. The molecule has 0 bridgehead atoms. The SMILES string of the molecule is CC[C@H](NC=O)C(=O)N1CCC[C@H]1c1ncc(-c2ccc(-c3ccc(C4=CN(C)C(C5CCCN5C(=O)C(NC(=O)OC)C(C)C)N4)cc3)cc2)[nH]1. The number of amides is 4. The molecule has 3 aliphatic rings. The molecule has 5 atom stereocenters. The van der Waals surface area contributed by atoms with Gasteiger partial charge in [-0.25, -0.2) is 9.78 Å². The molecule has 4 amide bonds. The third kappa shape index (κ3) is 7.49. The van der Waals surface area contributed by atoms with E-state index in [1.54, 1.807) is 0 Å². The van der Waals surface area contributed by atoms with Crippen molar-refractivity contribution in [1.29, 1.82) is 0 Å². The molecule has 3 aliphatic heterocycles. The molecule has 2 aromatic carbocycles. The van der Waals surface area contributed by atoms with Crippen LogP contribution < -0.4 is 16.0 Å². The molecule has 0 aliphatic carbocycles. The fourth-order valence-electron chi connectivity index (χ4n) is 7.68. The first-order valence-corrected chi connectivity index (χ1v) is 18.2. The van der Waals surface area contributed by atoms with Crippen molar-refractivity contribution in [2.75, 3.05) is 27.2 Å². The van der Waals surface area contributed by atoms with Gasteiger partial charge in [0.15, 0.2) is 0 Å². The van der Waals surface area contributed by atoms with Crippen LogP contribution >= 0.6 is 0 Å². The molecule has 13 heteroatoms. The molecule has 4 heterocycles. The molecular formula is C39H50N8O5. The number of ether oxygens (including phenoxy) is 1. The maximum absolute atomic E-state index is 13.6. The van der Waals surface area contributed by atoms with Crippen molar-refractivity contribution in [1.82, 2.24) is 40.6 Å². The number of nitrogens with one attached hydrogen (secondary N) is 4. The Morgan fingerprint density at radius 2 is 1.58 bits per heavy atom. The average Bonchev–Trinajstić information content (AvgIpc) is 3.99. The van der Waals surface area contributed by atoms with Gasteiger partial charge in [0, 0.05) is 26.3 Å². The molecule has 13 nitrogen and oxygen atoms in total. The lowest BCUT2D eigenvalue weighted by atomic mass is 10.0. The standard InChI is InChI=1S/C39H50N8O5/c1-6-29(41-23-48)37(49)46-19-7-9-32(46)35-40-21-30(42-35)27-15-11-25(12-16-27)26-13-17-28(18-14-26)31-22-45(4)36(43-31)33-10-8-20-47(33)38(50)34(24(2)3)44-39(51)52-5/h11-18,21-24,29,32-34,36,43H,6-10,19-20H2,1-5H3,(H,40,42)(H,41,48)(H,44,51)/t29-,32-,33?,34?,36?/m0/s1. The summed E-state index contributed by atoms with van der Waals surface area (Å²) >= 11 is 0. The quantitative estimate of drug-likeness (QED) is 0.201. The van der Waals surface area contributed by atoms with E-state index in [1.165, 1.54) is 7.11 Å². The van der Waals surface area contributed by atoms with Crippen molar-refractivity contribution in [3.05, 3.63) is 72.3 Å². The summed E-state index contributed by atoms with van der Waals surface area (Å²) in [6.45, 7) is 7.02. The number of rotatable bonds is 12. The Bertz CT molecular complexity index is 1770. The van der Waals surface area contributed by atoms with Crippen LogP contribution in [0, 0.1) is 5.92 Å². The van der Waals surface area contributed by atoms with Crippen LogP contribution in [0.15, 0.2) is 60.9 Å². The predicted octanol–water partition coefficient (Wildman–Crippen LogP) is 4.46. The number of aromatic nitrogens is 2. The third-order valence-electron chi connectivity index (χ3n) is 10.6. The summed E-state index contributed by atoms with van der Waals surface area (Å²) in [5.74, 6) is 0.516. The van der Waals surface area contributed by atoms with Crippen LogP contribution in [0.25, 0.3) is 28.1 Å². The first-order chi connectivity index (χ1) is 25.1. The first kappa shape index (κ1) is 36.5. The van der Waals surface area contributed by atoms with Crippen LogP contribution in [-0.2, 0) is 19.1 Å². The van der Waals surface area contributed by atoms with E-state index >= 15 is 0 Å². The average molecular weight is 711 g/mol. The number of aromatic amines is 1. The first-order valence-electron chi connectivity index (χ1n) is 18.2. The largest absolute Gasteiger partial charge is 0.453 e. The molecule has 4 N–H and O–H groups in total. The van der Waals surface area contributed by atoms with Crippen molar-refractivity contribution in [2.45, 2.75) is 83.2 Å². The second-order valence-electron chi connectivity index (χ2n) is 14.2. The molecule has 276 valence electrons. The van der Waals surface area contributed by atoms with E-state index in [4.69, 9.17) is 4.74 Å². The summed E-state index contributed by atoms with van der Waals surface area (Å²) in [4.78, 5) is 63.7. The normalized spacial score (nSPS) is 21.1. The number of methoxy groups -OCH3 is 1. The Morgan fingerprint density at radius 1 is 0.942 bits per heavy atom. The second kappa shape index (κ2) is 15.9. The number of imidazole rings is 1. The molecule has 6 rings (SSSR count). The number of hydrogen-bond donors (Lipinski definition) is 4. The molecule has 3 aromatic rings. The lowest BCUT2D eigenvalue weighted by Gasteiger charge is -2.36. The number of carbonyl (C=O) groups excluding carboxylic acids is 4. The maximum Gasteiger partial charge on any atom is 0.407 e. The van der Waals surface area contributed by atoms with Gasteiger partial charge in [-0.2, -0.15) is 0 Å². The van der Waals surface area contributed by atoms with Crippen molar-refractivity contribution >= 4 is 30.0 Å². The third-order valence-corrected chi connectivity index (χ3v) is 10.6. The van der Waals surface area contributed by atoms with Crippen LogP contribution in [0.5, 0.6) is 0 Å². The van der Waals surface area contributed by atoms with E-state index < -0.39 is 18.2 Å². The molecule has 0 spiro atoms. The van der Waals surface area contributed by atoms with Crippen LogP contribution in [-0.4, -0.2) is 101 Å². The molecule has 52 heavy (non-hydrogen) atoms. The van der Waals surface area contributed by atoms with Crippen molar-refractivity contribution in [2.24, 2.45) is 5.92 Å². The lowest BCUT2D eigenvalue weighted by Crippen LogP contribution is -2.57. The molecule has 2 saturated heterocycles. The number of hydrogen-bond acceptors (Lipinski definition) is 8. The van der Waals surface area contributed by atoms with Gasteiger partial charge < -0.3 is 40.4 Å². The van der Waals surface area contributed by atoms with E-state index in [0.29, 0.717) is 25.9 Å². The number of alkyl carbamates (subject to hydrolysis) is 1. The van der Waals surface area contributed by atoms with E-state index in [1.807, 2.05) is 43.8 Å². The number of nitrogens with zero attached hydrogens (tertiary/aromatic N) is 4. The van der Waals surface area contributed by atoms with E-state index in [2.05, 4.69) is 85.5 Å². The summed E-state index contributed by atoms with van der Waals surface area (Å²) in [6, 6.07) is 15.4. The minimum absolute atomic E-state index is 0.0468. The monoisotopic (exact) mass is 710 g/mol. The Morgan fingerprint density at radius 3 is 2.21 bits per heavy atom. The van der Waals surface area contributed by atoms with Gasteiger partial charge in [-0.1, -0.05) is 69.3 Å². The lowest BCUT2D eigenvalue weighted by molar-refractivity contribution is -0.136. The highest BCUT2D eigenvalue weighted by Gasteiger charge is 2.42. The van der Waals surface area contributed by atoms with Gasteiger partial charge in [0.2, 0.25) is 18.2 Å². The fourth-order valence-corrected chi connectivity index (χ4v) is 7.68. The van der Waals surface area contributed by atoms with Gasteiger partial charge in [-0.05, 0) is 60.3 Å². The minimum atomic E-state index is -0.655. The van der Waals surface area contributed by atoms with Crippen LogP contribution in [0.2, 0.25) is 0 Å². The van der Waals surface area contributed by atoms with Gasteiger partial charge in [-0.3, -0.25) is 14.4 Å². The summed E-state index contributed by atoms with van der Waals surface area (Å²) in [6.07, 6.45) is 7.81. The summed E-state index contributed by atoms with van der Waals surface area (Å²) in [5.41, 5.74) is 6.09.